The molecule has 1 amide bonds. The minimum atomic E-state index is -0.664. The number of aromatic nitrogens is 3. The Hall–Kier alpha value is -4.05. The molecule has 2 atom stereocenters. The number of primary amides is 1. The van der Waals surface area contributed by atoms with E-state index in [0.29, 0.717) is 18.1 Å². The van der Waals surface area contributed by atoms with Gasteiger partial charge in [0.2, 0.25) is 0 Å². The van der Waals surface area contributed by atoms with E-state index in [1.54, 1.807) is 6.20 Å². The highest BCUT2D eigenvalue weighted by Gasteiger charge is 2.31. The molecule has 2 aliphatic heterocycles. The highest BCUT2D eigenvalue weighted by atomic mass is 16.1. The molecule has 2 aromatic heterocycles. The minimum absolute atomic E-state index is 0.0445. The number of anilines is 4. The van der Waals surface area contributed by atoms with Crippen molar-refractivity contribution < 1.29 is 9.59 Å². The molecule has 0 radical (unpaired) electrons. The third-order valence-electron chi connectivity index (χ3n) is 8.82. The zero-order valence-electron chi connectivity index (χ0n) is 26.0. The number of likely N-dealkylation sites (N-methyl/N-ethyl adjacent to an activating group) is 1. The smallest absolute Gasteiger partial charge is 0.271 e. The Bertz CT molecular complexity index is 1430. The van der Waals surface area contributed by atoms with Crippen LogP contribution in [0.15, 0.2) is 48.8 Å². The summed E-state index contributed by atoms with van der Waals surface area (Å²) in [5.74, 6) is 1.13. The van der Waals surface area contributed by atoms with Crippen LogP contribution in [0.1, 0.15) is 73.4 Å². The maximum atomic E-state index is 13.3. The third-order valence-corrected chi connectivity index (χ3v) is 8.82. The lowest BCUT2D eigenvalue weighted by molar-refractivity contribution is 0.0944. The van der Waals surface area contributed by atoms with E-state index in [1.807, 2.05) is 30.5 Å². The van der Waals surface area contributed by atoms with Gasteiger partial charge >= 0.3 is 0 Å². The van der Waals surface area contributed by atoms with E-state index >= 15 is 0 Å². The summed E-state index contributed by atoms with van der Waals surface area (Å²) in [6, 6.07) is 12.0. The summed E-state index contributed by atoms with van der Waals surface area (Å²) in [6.07, 6.45) is 5.79. The van der Waals surface area contributed by atoms with Crippen molar-refractivity contribution in [2.24, 2.45) is 11.7 Å². The molecule has 228 valence electrons. The Kier molecular flexibility index (Phi) is 8.96. The summed E-state index contributed by atoms with van der Waals surface area (Å²) in [7, 11) is 2.13. The highest BCUT2D eigenvalue weighted by molar-refractivity contribution is 5.97. The van der Waals surface area contributed by atoms with E-state index < -0.39 is 5.91 Å². The average Bonchev–Trinajstić information content (AvgIpc) is 2.98. The predicted molar refractivity (Wildman–Crippen MR) is 171 cm³/mol. The van der Waals surface area contributed by atoms with Crippen LogP contribution in [-0.4, -0.2) is 77.4 Å². The van der Waals surface area contributed by atoms with Gasteiger partial charge in [-0.1, -0.05) is 45.0 Å². The topological polar surface area (TPSA) is 121 Å². The normalized spacial score (nSPS) is 19.7. The monoisotopic (exact) mass is 584 g/mol. The SMILES string of the molecule is C[C@@H]1[C@H](CC(=O)c2ccc(C(C)(C)C)cc2)CCCN1c1cnc(C(N)=O)c(Nc2ccc(N3CCN(C)CC3)cn2)n1. The van der Waals surface area contributed by atoms with Crippen molar-refractivity contribution in [2.75, 3.05) is 54.9 Å². The lowest BCUT2D eigenvalue weighted by Crippen LogP contribution is -2.44. The number of carbonyl (C=O) groups is 2. The van der Waals surface area contributed by atoms with E-state index in [0.717, 1.165) is 56.8 Å². The average molecular weight is 585 g/mol. The minimum Gasteiger partial charge on any atom is -0.368 e. The van der Waals surface area contributed by atoms with E-state index in [2.05, 4.69) is 76.9 Å². The van der Waals surface area contributed by atoms with Crippen LogP contribution >= 0.6 is 0 Å². The largest absolute Gasteiger partial charge is 0.368 e. The van der Waals surface area contributed by atoms with Gasteiger partial charge < -0.3 is 25.8 Å². The number of pyridine rings is 1. The molecular formula is C33H44N8O2. The number of hydrogen-bond acceptors (Lipinski definition) is 9. The fraction of sp³-hybridized carbons (Fsp3) is 0.485. The first kappa shape index (κ1) is 30.4. The molecule has 2 aliphatic rings. The van der Waals surface area contributed by atoms with Crippen LogP contribution in [0.5, 0.6) is 0 Å². The molecule has 1 aromatic carbocycles. The van der Waals surface area contributed by atoms with Crippen molar-refractivity contribution in [1.29, 1.82) is 0 Å². The quantitative estimate of drug-likeness (QED) is 0.365. The van der Waals surface area contributed by atoms with Crippen LogP contribution < -0.4 is 20.9 Å². The molecule has 5 rings (SSSR count). The van der Waals surface area contributed by atoms with Gasteiger partial charge in [0.1, 0.15) is 11.6 Å². The number of nitrogens with two attached hydrogens (primary N) is 1. The van der Waals surface area contributed by atoms with Crippen LogP contribution in [0.3, 0.4) is 0 Å². The fourth-order valence-corrected chi connectivity index (χ4v) is 5.95. The second-order valence-electron chi connectivity index (χ2n) is 12.9. The van der Waals surface area contributed by atoms with Gasteiger partial charge in [0.15, 0.2) is 17.3 Å². The summed E-state index contributed by atoms with van der Waals surface area (Å²) in [6.45, 7) is 13.4. The van der Waals surface area contributed by atoms with Gasteiger partial charge in [-0.25, -0.2) is 15.0 Å². The van der Waals surface area contributed by atoms with Crippen molar-refractivity contribution in [3.8, 4) is 0 Å². The maximum Gasteiger partial charge on any atom is 0.271 e. The number of amides is 1. The molecule has 43 heavy (non-hydrogen) atoms. The maximum absolute atomic E-state index is 13.3. The zero-order chi connectivity index (χ0) is 30.7. The number of rotatable bonds is 8. The van der Waals surface area contributed by atoms with Gasteiger partial charge in [-0.15, -0.1) is 0 Å². The van der Waals surface area contributed by atoms with Gasteiger partial charge in [0.05, 0.1) is 18.1 Å². The Morgan fingerprint density at radius 2 is 1.70 bits per heavy atom. The lowest BCUT2D eigenvalue weighted by atomic mass is 9.83. The molecule has 3 aromatic rings. The molecule has 4 heterocycles. The van der Waals surface area contributed by atoms with Crippen molar-refractivity contribution in [3.63, 3.8) is 0 Å². The number of carbonyl (C=O) groups excluding carboxylic acids is 2. The molecule has 3 N–H and O–H groups in total. The van der Waals surface area contributed by atoms with E-state index in [-0.39, 0.29) is 34.7 Å². The molecule has 2 saturated heterocycles. The first-order valence-electron chi connectivity index (χ1n) is 15.2. The second kappa shape index (κ2) is 12.7. The van der Waals surface area contributed by atoms with Crippen LogP contribution in [0.25, 0.3) is 0 Å². The summed E-state index contributed by atoms with van der Waals surface area (Å²) >= 11 is 0. The van der Waals surface area contributed by atoms with Crippen LogP contribution in [-0.2, 0) is 5.41 Å². The fourth-order valence-electron chi connectivity index (χ4n) is 5.95. The van der Waals surface area contributed by atoms with Crippen LogP contribution in [0, 0.1) is 5.92 Å². The van der Waals surface area contributed by atoms with E-state index in [4.69, 9.17) is 10.7 Å². The van der Waals surface area contributed by atoms with E-state index in [9.17, 15) is 9.59 Å². The number of hydrogen-bond donors (Lipinski definition) is 2. The Morgan fingerprint density at radius 3 is 2.33 bits per heavy atom. The number of piperidine rings is 1. The lowest BCUT2D eigenvalue weighted by Gasteiger charge is -2.40. The van der Waals surface area contributed by atoms with Gasteiger partial charge in [-0.3, -0.25) is 9.59 Å². The van der Waals surface area contributed by atoms with Crippen molar-refractivity contribution in [2.45, 2.75) is 58.4 Å². The van der Waals surface area contributed by atoms with Crippen LogP contribution in [0.2, 0.25) is 0 Å². The van der Waals surface area contributed by atoms with Crippen LogP contribution in [0.4, 0.5) is 23.1 Å². The zero-order valence-corrected chi connectivity index (χ0v) is 26.0. The first-order valence-corrected chi connectivity index (χ1v) is 15.2. The van der Waals surface area contributed by atoms with Gasteiger partial charge in [-0.05, 0) is 55.8 Å². The number of Topliss-reactive ketones (excluding diaryl/α,β-unsaturated/α-hetero) is 1. The van der Waals surface area contributed by atoms with Crippen molar-refractivity contribution >= 4 is 34.8 Å². The number of nitrogens with zero attached hydrogens (tertiary/aromatic N) is 6. The molecule has 10 nitrogen and oxygen atoms in total. The Labute approximate surface area is 254 Å². The highest BCUT2D eigenvalue weighted by Crippen LogP contribution is 2.32. The van der Waals surface area contributed by atoms with Crippen molar-refractivity contribution in [1.82, 2.24) is 19.9 Å². The number of benzene rings is 1. The molecule has 0 spiro atoms. The summed E-state index contributed by atoms with van der Waals surface area (Å²) in [5.41, 5.74) is 8.78. The molecule has 0 unspecified atom stereocenters. The Morgan fingerprint density at radius 1 is 0.977 bits per heavy atom. The predicted octanol–water partition coefficient (Wildman–Crippen LogP) is 4.64. The molecule has 0 bridgehead atoms. The Balaban J connectivity index is 1.29. The summed E-state index contributed by atoms with van der Waals surface area (Å²) in [5, 5.41) is 3.17. The number of ketones is 1. The van der Waals surface area contributed by atoms with E-state index in [1.165, 1.54) is 5.56 Å². The summed E-state index contributed by atoms with van der Waals surface area (Å²) in [4.78, 5) is 46.1. The molecule has 10 heteroatoms. The molecule has 0 saturated carbocycles. The van der Waals surface area contributed by atoms with Gasteiger partial charge in [0, 0.05) is 50.7 Å². The molecule has 0 aliphatic carbocycles. The summed E-state index contributed by atoms with van der Waals surface area (Å²) < 4.78 is 0. The van der Waals surface area contributed by atoms with Gasteiger partial charge in [0.25, 0.3) is 5.91 Å². The van der Waals surface area contributed by atoms with Crippen molar-refractivity contribution in [3.05, 3.63) is 65.6 Å². The first-order chi connectivity index (χ1) is 20.5. The number of piperazine rings is 1. The standard InChI is InChI=1S/C33H44N8O2/c1-22-24(19-27(42)23-8-10-25(11-9-23)33(2,3)4)7-6-14-41(22)29-21-36-30(31(34)43)32(38-29)37-28-13-12-26(20-35-28)40-17-15-39(5)16-18-40/h8-13,20-22,24H,6-7,14-19H2,1-5H3,(H2,34,43)(H,35,37,38)/t22-,24+/m1/s1. The number of nitrogens with one attached hydrogen (secondary N) is 1. The third kappa shape index (κ3) is 7.13. The molecular weight excluding hydrogens is 540 g/mol. The molecule has 2 fully saturated rings. The second-order valence-corrected chi connectivity index (χ2v) is 12.9. The van der Waals surface area contributed by atoms with Gasteiger partial charge in [-0.2, -0.15) is 0 Å².